The maximum absolute atomic E-state index is 12.2. The number of hydrogen-bond acceptors (Lipinski definition) is 4. The molecule has 0 aliphatic heterocycles. The molecule has 120 valence electrons. The second kappa shape index (κ2) is 9.00. The molecular formula is C15H27N3O2S. The molecule has 1 heterocycles. The van der Waals surface area contributed by atoms with Gasteiger partial charge in [-0.3, -0.25) is 0 Å². The van der Waals surface area contributed by atoms with E-state index in [2.05, 4.69) is 28.9 Å². The minimum absolute atomic E-state index is 0.0561. The Balaban J connectivity index is 2.61. The van der Waals surface area contributed by atoms with Gasteiger partial charge in [0.1, 0.15) is 10.7 Å². The van der Waals surface area contributed by atoms with Gasteiger partial charge in [-0.1, -0.05) is 33.1 Å². The van der Waals surface area contributed by atoms with Gasteiger partial charge in [0.15, 0.2) is 0 Å². The van der Waals surface area contributed by atoms with Gasteiger partial charge in [-0.05, 0) is 31.9 Å². The van der Waals surface area contributed by atoms with E-state index in [0.717, 1.165) is 38.6 Å². The molecule has 1 unspecified atom stereocenters. The second-order valence-corrected chi connectivity index (χ2v) is 7.04. The van der Waals surface area contributed by atoms with Crippen molar-refractivity contribution in [3.8, 4) is 0 Å². The summed E-state index contributed by atoms with van der Waals surface area (Å²) < 4.78 is 27.2. The first-order valence-corrected chi connectivity index (χ1v) is 9.20. The zero-order chi connectivity index (χ0) is 15.7. The molecule has 1 aromatic rings. The van der Waals surface area contributed by atoms with E-state index in [1.807, 2.05) is 6.92 Å². The zero-order valence-electron chi connectivity index (χ0n) is 13.2. The van der Waals surface area contributed by atoms with Crippen LogP contribution in [0.5, 0.6) is 0 Å². The van der Waals surface area contributed by atoms with Crippen LogP contribution in [0.2, 0.25) is 0 Å². The highest BCUT2D eigenvalue weighted by Crippen LogP contribution is 2.12. The van der Waals surface area contributed by atoms with Gasteiger partial charge < -0.3 is 5.32 Å². The van der Waals surface area contributed by atoms with Gasteiger partial charge in [0, 0.05) is 18.8 Å². The smallest absolute Gasteiger partial charge is 0.242 e. The molecule has 0 spiro atoms. The average Bonchev–Trinajstić information content (AvgIpc) is 2.45. The molecule has 2 N–H and O–H groups in total. The summed E-state index contributed by atoms with van der Waals surface area (Å²) in [6.07, 6.45) is 6.56. The van der Waals surface area contributed by atoms with Crippen LogP contribution in [-0.4, -0.2) is 26.0 Å². The predicted molar refractivity (Wildman–Crippen MR) is 86.9 cm³/mol. The Kier molecular flexibility index (Phi) is 7.67. The largest absolute Gasteiger partial charge is 0.370 e. The predicted octanol–water partition coefficient (Wildman–Crippen LogP) is 3.15. The summed E-state index contributed by atoms with van der Waals surface area (Å²) in [6.45, 7) is 6.92. The Hall–Kier alpha value is -1.14. The molecule has 1 rings (SSSR count). The van der Waals surface area contributed by atoms with Crippen molar-refractivity contribution in [1.29, 1.82) is 0 Å². The van der Waals surface area contributed by atoms with E-state index >= 15 is 0 Å². The Bertz CT molecular complexity index is 500. The number of sulfonamides is 1. The first kappa shape index (κ1) is 17.9. The summed E-state index contributed by atoms with van der Waals surface area (Å²) in [4.78, 5) is 4.35. The average molecular weight is 313 g/mol. The van der Waals surface area contributed by atoms with Gasteiger partial charge in [0.2, 0.25) is 10.0 Å². The van der Waals surface area contributed by atoms with E-state index in [4.69, 9.17) is 0 Å². The number of pyridine rings is 1. The summed E-state index contributed by atoms with van der Waals surface area (Å²) in [7, 11) is -3.47. The third kappa shape index (κ3) is 6.44. The van der Waals surface area contributed by atoms with Crippen LogP contribution < -0.4 is 10.0 Å². The molecule has 0 aliphatic rings. The van der Waals surface area contributed by atoms with Gasteiger partial charge in [-0.15, -0.1) is 0 Å². The van der Waals surface area contributed by atoms with E-state index in [-0.39, 0.29) is 10.9 Å². The molecule has 0 aromatic carbocycles. The highest BCUT2D eigenvalue weighted by Gasteiger charge is 2.17. The summed E-state index contributed by atoms with van der Waals surface area (Å²) in [5.41, 5.74) is 0. The lowest BCUT2D eigenvalue weighted by Crippen LogP contribution is -2.32. The van der Waals surface area contributed by atoms with Gasteiger partial charge in [-0.25, -0.2) is 18.1 Å². The number of rotatable bonds is 10. The monoisotopic (exact) mass is 313 g/mol. The fraction of sp³-hybridized carbons (Fsp3) is 0.667. The molecule has 0 saturated carbocycles. The molecule has 0 radical (unpaired) electrons. The molecule has 6 heteroatoms. The van der Waals surface area contributed by atoms with Gasteiger partial charge >= 0.3 is 0 Å². The van der Waals surface area contributed by atoms with Crippen molar-refractivity contribution in [3.05, 3.63) is 18.3 Å². The number of aromatic nitrogens is 1. The van der Waals surface area contributed by atoms with E-state index in [1.54, 1.807) is 12.1 Å². The van der Waals surface area contributed by atoms with Crippen molar-refractivity contribution >= 4 is 15.8 Å². The normalized spacial score (nSPS) is 13.1. The van der Waals surface area contributed by atoms with E-state index < -0.39 is 10.0 Å². The van der Waals surface area contributed by atoms with Crippen LogP contribution in [0.3, 0.4) is 0 Å². The third-order valence-electron chi connectivity index (χ3n) is 3.20. The Morgan fingerprint density at radius 3 is 2.52 bits per heavy atom. The molecule has 5 nitrogen and oxygen atoms in total. The molecule has 21 heavy (non-hydrogen) atoms. The first-order valence-electron chi connectivity index (χ1n) is 7.71. The fourth-order valence-corrected chi connectivity index (χ4v) is 3.21. The lowest BCUT2D eigenvalue weighted by atomic mass is 10.1. The van der Waals surface area contributed by atoms with Crippen molar-refractivity contribution in [2.24, 2.45) is 0 Å². The quantitative estimate of drug-likeness (QED) is 0.651. The molecule has 0 fully saturated rings. The SMILES string of the molecule is CCCCCC(C)NS(=O)(=O)c1ccc(NCCC)nc1. The number of hydrogen-bond donors (Lipinski definition) is 2. The van der Waals surface area contributed by atoms with Crippen molar-refractivity contribution in [3.63, 3.8) is 0 Å². The zero-order valence-corrected chi connectivity index (χ0v) is 14.0. The third-order valence-corrected chi connectivity index (χ3v) is 4.77. The standard InChI is InChI=1S/C15H27N3O2S/c1-4-6-7-8-13(3)18-21(19,20)14-9-10-15(17-12-14)16-11-5-2/h9-10,12-13,18H,4-8,11H2,1-3H3,(H,16,17). The Labute approximate surface area is 128 Å². The first-order chi connectivity index (χ1) is 9.99. The summed E-state index contributed by atoms with van der Waals surface area (Å²) in [5.74, 6) is 0.701. The summed E-state index contributed by atoms with van der Waals surface area (Å²) >= 11 is 0. The molecule has 1 aromatic heterocycles. The topological polar surface area (TPSA) is 71.1 Å². The molecule has 0 bridgehead atoms. The second-order valence-electron chi connectivity index (χ2n) is 5.32. The van der Waals surface area contributed by atoms with Crippen LogP contribution in [0.4, 0.5) is 5.82 Å². The highest BCUT2D eigenvalue weighted by molar-refractivity contribution is 7.89. The van der Waals surface area contributed by atoms with Gasteiger partial charge in [0.25, 0.3) is 0 Å². The minimum atomic E-state index is -3.47. The molecule has 0 saturated heterocycles. The van der Waals surface area contributed by atoms with E-state index in [9.17, 15) is 8.42 Å². The molecule has 1 atom stereocenters. The van der Waals surface area contributed by atoms with Crippen molar-refractivity contribution < 1.29 is 8.42 Å². The molecule has 0 amide bonds. The summed E-state index contributed by atoms with van der Waals surface area (Å²) in [6, 6.07) is 3.23. The number of nitrogens with zero attached hydrogens (tertiary/aromatic N) is 1. The lowest BCUT2D eigenvalue weighted by Gasteiger charge is -2.14. The Morgan fingerprint density at radius 1 is 1.19 bits per heavy atom. The number of unbranched alkanes of at least 4 members (excludes halogenated alkanes) is 2. The fourth-order valence-electron chi connectivity index (χ4n) is 1.99. The number of anilines is 1. The highest BCUT2D eigenvalue weighted by atomic mass is 32.2. The minimum Gasteiger partial charge on any atom is -0.370 e. The Morgan fingerprint density at radius 2 is 1.95 bits per heavy atom. The maximum Gasteiger partial charge on any atom is 0.242 e. The van der Waals surface area contributed by atoms with Crippen LogP contribution in [-0.2, 0) is 10.0 Å². The van der Waals surface area contributed by atoms with Crippen molar-refractivity contribution in [2.75, 3.05) is 11.9 Å². The van der Waals surface area contributed by atoms with Crippen molar-refractivity contribution in [2.45, 2.75) is 63.8 Å². The summed E-state index contributed by atoms with van der Waals surface area (Å²) in [5, 5.41) is 3.12. The maximum atomic E-state index is 12.2. The van der Waals surface area contributed by atoms with E-state index in [0.29, 0.717) is 5.82 Å². The molecule has 0 aliphatic carbocycles. The van der Waals surface area contributed by atoms with Crippen LogP contribution in [0.25, 0.3) is 0 Å². The lowest BCUT2D eigenvalue weighted by molar-refractivity contribution is 0.527. The van der Waals surface area contributed by atoms with Gasteiger partial charge in [-0.2, -0.15) is 0 Å². The van der Waals surface area contributed by atoms with Crippen LogP contribution in [0, 0.1) is 0 Å². The van der Waals surface area contributed by atoms with Crippen LogP contribution in [0.15, 0.2) is 23.2 Å². The van der Waals surface area contributed by atoms with E-state index in [1.165, 1.54) is 6.20 Å². The molecular weight excluding hydrogens is 286 g/mol. The van der Waals surface area contributed by atoms with Crippen LogP contribution in [0.1, 0.15) is 52.9 Å². The van der Waals surface area contributed by atoms with Gasteiger partial charge in [0.05, 0.1) is 0 Å². The van der Waals surface area contributed by atoms with Crippen LogP contribution >= 0.6 is 0 Å². The number of nitrogens with one attached hydrogen (secondary N) is 2. The van der Waals surface area contributed by atoms with Crippen molar-refractivity contribution in [1.82, 2.24) is 9.71 Å².